The van der Waals surface area contributed by atoms with Crippen LogP contribution < -0.4 is 5.32 Å². The number of anilines is 1. The van der Waals surface area contributed by atoms with Gasteiger partial charge in [-0.15, -0.1) is 0 Å². The van der Waals surface area contributed by atoms with E-state index in [1.54, 1.807) is 0 Å². The molecule has 0 fully saturated rings. The van der Waals surface area contributed by atoms with Crippen LogP contribution in [0.2, 0.25) is 0 Å². The molecule has 0 radical (unpaired) electrons. The van der Waals surface area contributed by atoms with Gasteiger partial charge in [-0.05, 0) is 18.6 Å². The lowest BCUT2D eigenvalue weighted by atomic mass is 10.3. The van der Waals surface area contributed by atoms with Gasteiger partial charge >= 0.3 is 0 Å². The predicted molar refractivity (Wildman–Crippen MR) is 49.5 cm³/mol. The van der Waals surface area contributed by atoms with Crippen molar-refractivity contribution < 1.29 is 0 Å². The summed E-state index contributed by atoms with van der Waals surface area (Å²) in [5, 5.41) is 3.08. The van der Waals surface area contributed by atoms with E-state index in [1.165, 1.54) is 5.56 Å². The second kappa shape index (κ2) is 2.52. The van der Waals surface area contributed by atoms with Crippen molar-refractivity contribution in [1.82, 2.24) is 9.38 Å². The van der Waals surface area contributed by atoms with Crippen molar-refractivity contribution >= 4 is 11.5 Å². The summed E-state index contributed by atoms with van der Waals surface area (Å²) in [6.45, 7) is 2.07. The van der Waals surface area contributed by atoms with E-state index in [2.05, 4.69) is 29.5 Å². The van der Waals surface area contributed by atoms with Gasteiger partial charge in [-0.2, -0.15) is 0 Å². The van der Waals surface area contributed by atoms with Crippen LogP contribution in [-0.4, -0.2) is 16.4 Å². The summed E-state index contributed by atoms with van der Waals surface area (Å²) >= 11 is 0. The van der Waals surface area contributed by atoms with E-state index < -0.39 is 0 Å². The molecule has 0 saturated heterocycles. The van der Waals surface area contributed by atoms with Crippen molar-refractivity contribution in [2.24, 2.45) is 0 Å². The van der Waals surface area contributed by atoms with E-state index in [9.17, 15) is 0 Å². The van der Waals surface area contributed by atoms with Crippen molar-refractivity contribution in [3.05, 3.63) is 30.1 Å². The molecule has 0 amide bonds. The van der Waals surface area contributed by atoms with Crippen LogP contribution in [0.15, 0.2) is 24.5 Å². The number of aromatic nitrogens is 2. The third-order valence-electron chi connectivity index (χ3n) is 1.91. The van der Waals surface area contributed by atoms with Gasteiger partial charge in [-0.3, -0.25) is 4.40 Å². The molecule has 2 heterocycles. The summed E-state index contributed by atoms with van der Waals surface area (Å²) < 4.78 is 2.04. The first-order valence-corrected chi connectivity index (χ1v) is 3.93. The number of rotatable bonds is 1. The minimum absolute atomic E-state index is 0.977. The average molecular weight is 161 g/mol. The normalized spacial score (nSPS) is 10.5. The van der Waals surface area contributed by atoms with Crippen molar-refractivity contribution in [3.63, 3.8) is 0 Å². The highest BCUT2D eigenvalue weighted by molar-refractivity contribution is 5.50. The Morgan fingerprint density at radius 3 is 3.00 bits per heavy atom. The molecule has 2 aromatic heterocycles. The lowest BCUT2D eigenvalue weighted by Crippen LogP contribution is -1.93. The molecule has 12 heavy (non-hydrogen) atoms. The summed E-state index contributed by atoms with van der Waals surface area (Å²) in [7, 11) is 1.89. The Bertz CT molecular complexity index is 403. The van der Waals surface area contributed by atoms with Gasteiger partial charge in [0.25, 0.3) is 0 Å². The number of nitrogens with zero attached hydrogens (tertiary/aromatic N) is 2. The highest BCUT2D eigenvalue weighted by atomic mass is 15.1. The molecule has 0 aliphatic heterocycles. The Labute approximate surface area is 71.0 Å². The quantitative estimate of drug-likeness (QED) is 0.689. The van der Waals surface area contributed by atoms with Gasteiger partial charge in [0.15, 0.2) is 0 Å². The van der Waals surface area contributed by atoms with E-state index in [0.29, 0.717) is 0 Å². The number of aryl methyl sites for hydroxylation is 1. The maximum atomic E-state index is 4.23. The van der Waals surface area contributed by atoms with Crippen molar-refractivity contribution in [3.8, 4) is 0 Å². The van der Waals surface area contributed by atoms with Crippen LogP contribution in [0.3, 0.4) is 0 Å². The molecule has 0 aliphatic carbocycles. The largest absolute Gasteiger partial charge is 0.373 e. The Morgan fingerprint density at radius 1 is 1.42 bits per heavy atom. The van der Waals surface area contributed by atoms with Crippen molar-refractivity contribution in [2.75, 3.05) is 12.4 Å². The summed E-state index contributed by atoms with van der Waals surface area (Å²) in [6.07, 6.45) is 3.89. The molecule has 0 atom stereocenters. The molecule has 3 nitrogen and oxygen atoms in total. The average Bonchev–Trinajstić information content (AvgIpc) is 2.46. The van der Waals surface area contributed by atoms with E-state index in [-0.39, 0.29) is 0 Å². The maximum absolute atomic E-state index is 4.23. The third-order valence-corrected chi connectivity index (χ3v) is 1.91. The highest BCUT2D eigenvalue weighted by Crippen LogP contribution is 2.11. The summed E-state index contributed by atoms with van der Waals surface area (Å²) in [5.41, 5.74) is 2.21. The number of hydrogen-bond acceptors (Lipinski definition) is 2. The van der Waals surface area contributed by atoms with Crippen LogP contribution in [0.25, 0.3) is 5.65 Å². The van der Waals surface area contributed by atoms with Crippen molar-refractivity contribution in [2.45, 2.75) is 6.92 Å². The first-order valence-electron chi connectivity index (χ1n) is 3.93. The predicted octanol–water partition coefficient (Wildman–Crippen LogP) is 1.68. The van der Waals surface area contributed by atoms with Crippen LogP contribution in [-0.2, 0) is 0 Å². The molecule has 62 valence electrons. The van der Waals surface area contributed by atoms with Gasteiger partial charge in [0, 0.05) is 13.2 Å². The monoisotopic (exact) mass is 161 g/mol. The molecular weight excluding hydrogens is 150 g/mol. The number of hydrogen-bond donors (Lipinski definition) is 1. The number of pyridine rings is 1. The van der Waals surface area contributed by atoms with E-state index in [0.717, 1.165) is 11.5 Å². The minimum atomic E-state index is 0.977. The molecule has 0 spiro atoms. The second-order valence-corrected chi connectivity index (χ2v) is 2.83. The minimum Gasteiger partial charge on any atom is -0.373 e. The van der Waals surface area contributed by atoms with Gasteiger partial charge in [-0.25, -0.2) is 4.98 Å². The van der Waals surface area contributed by atoms with Gasteiger partial charge < -0.3 is 5.32 Å². The van der Waals surface area contributed by atoms with Crippen LogP contribution >= 0.6 is 0 Å². The first-order chi connectivity index (χ1) is 5.81. The van der Waals surface area contributed by atoms with Crippen LogP contribution in [0.5, 0.6) is 0 Å². The molecule has 1 N–H and O–H groups in total. The third kappa shape index (κ3) is 0.942. The zero-order valence-electron chi connectivity index (χ0n) is 7.20. The zero-order valence-corrected chi connectivity index (χ0v) is 7.20. The Kier molecular flexibility index (Phi) is 1.50. The topological polar surface area (TPSA) is 29.3 Å². The first kappa shape index (κ1) is 7.16. The standard InChI is InChI=1S/C9H11N3/c1-7-3-4-8-11-5-9(10-2)12(8)6-7/h3-6,10H,1-2H3. The summed E-state index contributed by atoms with van der Waals surface area (Å²) in [6, 6.07) is 4.07. The SMILES string of the molecule is CNc1cnc2ccc(C)cn12. The van der Waals surface area contributed by atoms with Crippen LogP contribution in [0, 0.1) is 6.92 Å². The number of nitrogens with one attached hydrogen (secondary N) is 1. The molecule has 2 aromatic rings. The van der Waals surface area contributed by atoms with Crippen LogP contribution in [0.4, 0.5) is 5.82 Å². The molecule has 0 aliphatic rings. The summed E-state index contributed by atoms with van der Waals surface area (Å²) in [4.78, 5) is 4.23. The Morgan fingerprint density at radius 2 is 2.25 bits per heavy atom. The molecule has 0 saturated carbocycles. The molecular formula is C9H11N3. The van der Waals surface area contributed by atoms with E-state index >= 15 is 0 Å². The van der Waals surface area contributed by atoms with Gasteiger partial charge in [0.2, 0.25) is 0 Å². The maximum Gasteiger partial charge on any atom is 0.138 e. The molecule has 0 unspecified atom stereocenters. The number of imidazole rings is 1. The smallest absolute Gasteiger partial charge is 0.138 e. The lowest BCUT2D eigenvalue weighted by molar-refractivity contribution is 1.15. The van der Waals surface area contributed by atoms with Crippen LogP contribution in [0.1, 0.15) is 5.56 Å². The van der Waals surface area contributed by atoms with Gasteiger partial charge in [0.05, 0.1) is 6.20 Å². The molecule has 2 rings (SSSR count). The van der Waals surface area contributed by atoms with Crippen molar-refractivity contribution in [1.29, 1.82) is 0 Å². The fourth-order valence-corrected chi connectivity index (χ4v) is 1.27. The fraction of sp³-hybridized carbons (Fsp3) is 0.222. The zero-order chi connectivity index (χ0) is 8.55. The van der Waals surface area contributed by atoms with Gasteiger partial charge in [0.1, 0.15) is 11.5 Å². The van der Waals surface area contributed by atoms with E-state index in [4.69, 9.17) is 0 Å². The molecule has 0 aromatic carbocycles. The highest BCUT2D eigenvalue weighted by Gasteiger charge is 1.99. The van der Waals surface area contributed by atoms with E-state index in [1.807, 2.05) is 23.7 Å². The molecule has 3 heteroatoms. The lowest BCUT2D eigenvalue weighted by Gasteiger charge is -2.00. The Hall–Kier alpha value is -1.51. The molecule has 0 bridgehead atoms. The fourth-order valence-electron chi connectivity index (χ4n) is 1.27. The Balaban J connectivity index is 2.75. The van der Waals surface area contributed by atoms with Gasteiger partial charge in [-0.1, -0.05) is 6.07 Å². The summed E-state index contributed by atoms with van der Waals surface area (Å²) in [5.74, 6) is 1.02. The second-order valence-electron chi connectivity index (χ2n) is 2.83. The number of fused-ring (bicyclic) bond motifs is 1.